The van der Waals surface area contributed by atoms with Gasteiger partial charge in [-0.25, -0.2) is 0 Å². The number of anilines is 4. The monoisotopic (exact) mass is 413 g/mol. The molecule has 142 valence electrons. The minimum Gasteiger partial charge on any atom is -0.398 e. The summed E-state index contributed by atoms with van der Waals surface area (Å²) >= 11 is 8.97. The van der Waals surface area contributed by atoms with Crippen LogP contribution in [-0.4, -0.2) is 0 Å². The summed E-state index contributed by atoms with van der Waals surface area (Å²) in [5.41, 5.74) is 10.3. The molecule has 3 nitrogen and oxygen atoms in total. The number of rotatable bonds is 2. The Hall–Kier alpha value is -3.02. The van der Waals surface area contributed by atoms with Crippen molar-refractivity contribution in [3.8, 4) is 0 Å². The number of nitrogens with one attached hydrogen (secondary N) is 2. The fraction of sp³-hybridized carbons (Fsp3) is 0. The topological polar surface area (TPSA) is 50.1 Å². The molecule has 1 aliphatic rings. The Balaban J connectivity index is 1.88. The van der Waals surface area contributed by atoms with Gasteiger partial charge in [-0.05, 0) is 51.6 Å². The van der Waals surface area contributed by atoms with E-state index in [1.807, 2.05) is 18.2 Å². The molecule has 0 aliphatic carbocycles. The first-order valence-electron chi connectivity index (χ1n) is 9.16. The van der Waals surface area contributed by atoms with Crippen LogP contribution in [-0.2, 0) is 0 Å². The molecule has 1 heterocycles. The molecule has 4 N–H and O–H groups in total. The molecule has 0 amide bonds. The van der Waals surface area contributed by atoms with E-state index in [1.54, 1.807) is 0 Å². The van der Waals surface area contributed by atoms with Crippen molar-refractivity contribution in [3.63, 3.8) is 0 Å². The van der Waals surface area contributed by atoms with Gasteiger partial charge in [0.2, 0.25) is 0 Å². The lowest BCUT2D eigenvalue weighted by Gasteiger charge is -2.21. The molecule has 0 saturated carbocycles. The number of nitrogens with two attached hydrogens (primary N) is 1. The van der Waals surface area contributed by atoms with Gasteiger partial charge in [0, 0.05) is 43.3 Å². The summed E-state index contributed by atoms with van der Waals surface area (Å²) in [5, 5.41) is 13.5. The third-order valence-electron chi connectivity index (χ3n) is 5.35. The predicted molar refractivity (Wildman–Crippen MR) is 132 cm³/mol. The van der Waals surface area contributed by atoms with Crippen molar-refractivity contribution >= 4 is 82.2 Å². The summed E-state index contributed by atoms with van der Waals surface area (Å²) in [6.07, 6.45) is 2.10. The molecule has 0 unspecified atom stereocenters. The van der Waals surface area contributed by atoms with Crippen molar-refractivity contribution in [2.75, 3.05) is 16.4 Å². The zero-order valence-electron chi connectivity index (χ0n) is 15.6. The number of nitrogen functional groups attached to an aromatic ring is 1. The molecule has 0 fully saturated rings. The predicted octanol–water partition coefficient (Wildman–Crippen LogP) is 5.03. The molecule has 0 atom stereocenters. The average Bonchev–Trinajstić information content (AvgIpc) is 2.70. The van der Waals surface area contributed by atoms with Crippen LogP contribution in [0, 0.1) is 0 Å². The second-order valence-corrected chi connectivity index (χ2v) is 8.16. The minimum atomic E-state index is 0.600. The van der Waals surface area contributed by atoms with E-state index in [9.17, 15) is 0 Å². The van der Waals surface area contributed by atoms with Gasteiger partial charge in [-0.1, -0.05) is 37.4 Å². The molecule has 0 bridgehead atoms. The fourth-order valence-electron chi connectivity index (χ4n) is 4.03. The molecular formula is C24H19N3S2. The van der Waals surface area contributed by atoms with Crippen LogP contribution in [0.1, 0.15) is 0 Å². The third-order valence-corrected chi connectivity index (χ3v) is 6.10. The fourth-order valence-corrected chi connectivity index (χ4v) is 4.57. The van der Waals surface area contributed by atoms with Crippen molar-refractivity contribution in [3.05, 3.63) is 71.2 Å². The number of benzene rings is 4. The highest BCUT2D eigenvalue weighted by Crippen LogP contribution is 2.35. The van der Waals surface area contributed by atoms with E-state index in [1.165, 1.54) is 5.39 Å². The quantitative estimate of drug-likeness (QED) is 0.182. The molecule has 0 aromatic heterocycles. The van der Waals surface area contributed by atoms with Crippen molar-refractivity contribution in [2.24, 2.45) is 0 Å². The number of fused-ring (bicyclic) bond motifs is 2. The number of allylic oxidation sites excluding steroid dienone is 1. The number of hydrogen-bond acceptors (Lipinski definition) is 5. The van der Waals surface area contributed by atoms with Crippen molar-refractivity contribution in [1.29, 1.82) is 0 Å². The second-order valence-electron chi connectivity index (χ2n) is 7.20. The van der Waals surface area contributed by atoms with Crippen LogP contribution in [0.3, 0.4) is 0 Å². The van der Waals surface area contributed by atoms with Gasteiger partial charge in [-0.2, -0.15) is 0 Å². The Bertz CT molecular complexity index is 1470. The van der Waals surface area contributed by atoms with Gasteiger partial charge < -0.3 is 16.4 Å². The molecule has 0 saturated heterocycles. The van der Waals surface area contributed by atoms with Crippen LogP contribution in [0.4, 0.5) is 22.7 Å². The van der Waals surface area contributed by atoms with Crippen LogP contribution in [0.25, 0.3) is 34.2 Å². The Morgan fingerprint density at radius 1 is 0.862 bits per heavy atom. The Labute approximate surface area is 179 Å². The highest BCUT2D eigenvalue weighted by molar-refractivity contribution is 7.81. The van der Waals surface area contributed by atoms with Crippen molar-refractivity contribution in [1.82, 2.24) is 0 Å². The van der Waals surface area contributed by atoms with Crippen molar-refractivity contribution < 1.29 is 0 Å². The Kier molecular flexibility index (Phi) is 4.05. The number of hydrogen-bond donors (Lipinski definition) is 5. The maximum absolute atomic E-state index is 6.07. The normalized spacial score (nSPS) is 12.7. The molecule has 0 spiro atoms. The Morgan fingerprint density at radius 3 is 2.41 bits per heavy atom. The maximum Gasteiger partial charge on any atom is 0.0541 e. The highest BCUT2D eigenvalue weighted by atomic mass is 32.1. The van der Waals surface area contributed by atoms with E-state index < -0.39 is 0 Å². The van der Waals surface area contributed by atoms with E-state index in [0.717, 1.165) is 54.3 Å². The SMILES string of the molecule is C=C1C=c2c3ccccc3c(=C)c3c(Nc4cc(N)c(S)cc4S)ccc(c23)N1. The van der Waals surface area contributed by atoms with E-state index in [2.05, 4.69) is 85.5 Å². The van der Waals surface area contributed by atoms with E-state index in [-0.39, 0.29) is 0 Å². The van der Waals surface area contributed by atoms with Gasteiger partial charge in [0.15, 0.2) is 0 Å². The molecule has 1 aliphatic heterocycles. The highest BCUT2D eigenvalue weighted by Gasteiger charge is 2.16. The number of thiol groups is 2. The average molecular weight is 414 g/mol. The molecule has 29 heavy (non-hydrogen) atoms. The van der Waals surface area contributed by atoms with Crippen LogP contribution >= 0.6 is 25.3 Å². The standard InChI is InChI=1S/C24H19N3S2/c1-12-9-16-15-6-4-3-5-14(15)13(2)23-18(7-8-19(26-12)24(16)23)27-20-10-17(25)21(28)11-22(20)29/h3-11,26-29H,1-2,25H2. The van der Waals surface area contributed by atoms with Gasteiger partial charge in [0.05, 0.1) is 5.69 Å². The summed E-state index contributed by atoms with van der Waals surface area (Å²) in [4.78, 5) is 1.48. The van der Waals surface area contributed by atoms with Crippen molar-refractivity contribution in [2.45, 2.75) is 9.79 Å². The molecule has 4 aromatic carbocycles. The third kappa shape index (κ3) is 2.77. The summed E-state index contributed by atoms with van der Waals surface area (Å²) in [6.45, 7) is 8.55. The molecule has 0 radical (unpaired) electrons. The zero-order chi connectivity index (χ0) is 20.3. The zero-order valence-corrected chi connectivity index (χ0v) is 17.4. The van der Waals surface area contributed by atoms with Gasteiger partial charge >= 0.3 is 0 Å². The van der Waals surface area contributed by atoms with E-state index >= 15 is 0 Å². The van der Waals surface area contributed by atoms with Crippen LogP contribution in [0.2, 0.25) is 0 Å². The first-order chi connectivity index (χ1) is 13.9. The first kappa shape index (κ1) is 18.0. The minimum absolute atomic E-state index is 0.600. The first-order valence-corrected chi connectivity index (χ1v) is 10.1. The largest absolute Gasteiger partial charge is 0.398 e. The molecular weight excluding hydrogens is 394 g/mol. The van der Waals surface area contributed by atoms with E-state index in [0.29, 0.717) is 10.6 Å². The maximum atomic E-state index is 6.07. The van der Waals surface area contributed by atoms with Gasteiger partial charge in [-0.3, -0.25) is 0 Å². The smallest absolute Gasteiger partial charge is 0.0541 e. The second kappa shape index (κ2) is 6.51. The molecule has 5 rings (SSSR count). The van der Waals surface area contributed by atoms with Crippen LogP contribution in [0.5, 0.6) is 0 Å². The summed E-state index contributed by atoms with van der Waals surface area (Å²) in [5.74, 6) is 0. The van der Waals surface area contributed by atoms with E-state index in [4.69, 9.17) is 5.73 Å². The van der Waals surface area contributed by atoms with Crippen LogP contribution < -0.4 is 26.8 Å². The Morgan fingerprint density at radius 2 is 1.62 bits per heavy atom. The molecule has 5 heteroatoms. The van der Waals surface area contributed by atoms with Gasteiger partial charge in [0.1, 0.15) is 0 Å². The van der Waals surface area contributed by atoms with Gasteiger partial charge in [0.25, 0.3) is 0 Å². The van der Waals surface area contributed by atoms with Crippen LogP contribution in [0.15, 0.2) is 70.6 Å². The lowest BCUT2D eigenvalue weighted by atomic mass is 9.93. The molecule has 4 aromatic rings. The summed E-state index contributed by atoms with van der Waals surface area (Å²) < 4.78 is 0. The lowest BCUT2D eigenvalue weighted by Crippen LogP contribution is -2.20. The lowest BCUT2D eigenvalue weighted by molar-refractivity contribution is 1.34. The summed E-state index contributed by atoms with van der Waals surface area (Å²) in [6, 6.07) is 16.2. The summed E-state index contributed by atoms with van der Waals surface area (Å²) in [7, 11) is 0. The van der Waals surface area contributed by atoms with Gasteiger partial charge in [-0.15, -0.1) is 25.3 Å².